The standard InChI is InChI=1S/C12H22N2O4/c1-4-5-9(11(15)16)13-12(17)14(3)10-6-7-18-8(10)2/h8-10H,4-7H2,1-3H3,(H,13,17)(H,15,16)/t8?,9-,10?/m0/s1. The second-order valence-electron chi connectivity index (χ2n) is 4.67. The van der Waals surface area contributed by atoms with E-state index in [9.17, 15) is 9.59 Å². The first-order chi connectivity index (χ1) is 8.47. The van der Waals surface area contributed by atoms with Crippen molar-refractivity contribution in [2.24, 2.45) is 0 Å². The molecule has 3 atom stereocenters. The largest absolute Gasteiger partial charge is 0.480 e. The summed E-state index contributed by atoms with van der Waals surface area (Å²) in [5, 5.41) is 11.5. The highest BCUT2D eigenvalue weighted by atomic mass is 16.5. The van der Waals surface area contributed by atoms with Crippen LogP contribution in [0.4, 0.5) is 4.79 Å². The van der Waals surface area contributed by atoms with Gasteiger partial charge in [0, 0.05) is 13.7 Å². The van der Waals surface area contributed by atoms with Gasteiger partial charge < -0.3 is 20.1 Å². The fraction of sp³-hybridized carbons (Fsp3) is 0.833. The van der Waals surface area contributed by atoms with E-state index in [1.165, 1.54) is 0 Å². The van der Waals surface area contributed by atoms with E-state index in [4.69, 9.17) is 9.84 Å². The zero-order valence-corrected chi connectivity index (χ0v) is 11.2. The number of carbonyl (C=O) groups is 2. The number of rotatable bonds is 5. The van der Waals surface area contributed by atoms with E-state index in [0.717, 1.165) is 6.42 Å². The van der Waals surface area contributed by atoms with Crippen LogP contribution in [0.25, 0.3) is 0 Å². The van der Waals surface area contributed by atoms with Crippen molar-refractivity contribution in [3.05, 3.63) is 0 Å². The molecule has 0 aliphatic carbocycles. The monoisotopic (exact) mass is 258 g/mol. The van der Waals surface area contributed by atoms with Crippen molar-refractivity contribution in [2.45, 2.75) is 51.3 Å². The zero-order valence-electron chi connectivity index (χ0n) is 11.2. The first-order valence-corrected chi connectivity index (χ1v) is 6.35. The number of hydrogen-bond acceptors (Lipinski definition) is 3. The summed E-state index contributed by atoms with van der Waals surface area (Å²) in [5.74, 6) is -0.991. The number of carbonyl (C=O) groups excluding carboxylic acids is 1. The molecule has 0 aromatic rings. The maximum atomic E-state index is 12.0. The van der Waals surface area contributed by atoms with Crippen LogP contribution in [0.3, 0.4) is 0 Å². The number of urea groups is 1. The van der Waals surface area contributed by atoms with Crippen molar-refractivity contribution in [3.8, 4) is 0 Å². The summed E-state index contributed by atoms with van der Waals surface area (Å²) in [6, 6.07) is -1.15. The van der Waals surface area contributed by atoms with Crippen molar-refractivity contribution in [3.63, 3.8) is 0 Å². The minimum atomic E-state index is -0.991. The van der Waals surface area contributed by atoms with E-state index < -0.39 is 12.0 Å². The van der Waals surface area contributed by atoms with Crippen LogP contribution in [0.1, 0.15) is 33.1 Å². The molecule has 2 N–H and O–H groups in total. The number of amides is 2. The van der Waals surface area contributed by atoms with E-state index in [0.29, 0.717) is 19.4 Å². The fourth-order valence-corrected chi connectivity index (χ4v) is 2.18. The molecule has 104 valence electrons. The maximum Gasteiger partial charge on any atom is 0.326 e. The Labute approximate surface area is 107 Å². The second-order valence-corrected chi connectivity index (χ2v) is 4.67. The molecular weight excluding hydrogens is 236 g/mol. The maximum absolute atomic E-state index is 12.0. The second kappa shape index (κ2) is 6.58. The Morgan fingerprint density at radius 2 is 2.22 bits per heavy atom. The van der Waals surface area contributed by atoms with Crippen LogP contribution in [0.15, 0.2) is 0 Å². The van der Waals surface area contributed by atoms with E-state index in [1.54, 1.807) is 11.9 Å². The summed E-state index contributed by atoms with van der Waals surface area (Å²) in [4.78, 5) is 24.5. The van der Waals surface area contributed by atoms with Crippen LogP contribution in [0.5, 0.6) is 0 Å². The average Bonchev–Trinajstić information content (AvgIpc) is 2.73. The normalized spacial score (nSPS) is 24.6. The van der Waals surface area contributed by atoms with Crippen molar-refractivity contribution >= 4 is 12.0 Å². The number of likely N-dealkylation sites (N-methyl/N-ethyl adjacent to an activating group) is 1. The van der Waals surface area contributed by atoms with Gasteiger partial charge in [-0.3, -0.25) is 0 Å². The zero-order chi connectivity index (χ0) is 13.7. The molecule has 0 aromatic carbocycles. The Balaban J connectivity index is 2.55. The smallest absolute Gasteiger partial charge is 0.326 e. The number of carboxylic acids is 1. The Kier molecular flexibility index (Phi) is 5.40. The van der Waals surface area contributed by atoms with Gasteiger partial charge in [-0.25, -0.2) is 9.59 Å². The molecule has 18 heavy (non-hydrogen) atoms. The third kappa shape index (κ3) is 3.60. The minimum absolute atomic E-state index is 0.00444. The van der Waals surface area contributed by atoms with Crippen molar-refractivity contribution in [1.29, 1.82) is 0 Å². The lowest BCUT2D eigenvalue weighted by atomic mass is 10.1. The SMILES string of the molecule is CCC[C@H](NC(=O)N(C)C1CCOC1C)C(=O)O. The minimum Gasteiger partial charge on any atom is -0.480 e. The molecule has 2 unspecified atom stereocenters. The van der Waals surface area contributed by atoms with Gasteiger partial charge in [-0.05, 0) is 19.8 Å². The van der Waals surface area contributed by atoms with Gasteiger partial charge in [-0.15, -0.1) is 0 Å². The lowest BCUT2D eigenvalue weighted by molar-refractivity contribution is -0.139. The molecule has 6 heteroatoms. The lowest BCUT2D eigenvalue weighted by Crippen LogP contribution is -2.51. The Morgan fingerprint density at radius 1 is 1.56 bits per heavy atom. The van der Waals surface area contributed by atoms with Crippen molar-refractivity contribution in [2.75, 3.05) is 13.7 Å². The highest BCUT2D eigenvalue weighted by Gasteiger charge is 2.32. The van der Waals surface area contributed by atoms with Crippen LogP contribution < -0.4 is 5.32 Å². The predicted octanol–water partition coefficient (Wildman–Crippen LogP) is 1.06. The quantitative estimate of drug-likeness (QED) is 0.772. The fourth-order valence-electron chi connectivity index (χ4n) is 2.18. The van der Waals surface area contributed by atoms with Gasteiger partial charge in [0.05, 0.1) is 12.1 Å². The average molecular weight is 258 g/mol. The molecule has 0 radical (unpaired) electrons. The molecule has 1 rings (SSSR count). The Hall–Kier alpha value is -1.30. The Morgan fingerprint density at radius 3 is 2.67 bits per heavy atom. The first-order valence-electron chi connectivity index (χ1n) is 6.35. The van der Waals surface area contributed by atoms with Crippen LogP contribution in [0, 0.1) is 0 Å². The van der Waals surface area contributed by atoms with Gasteiger partial charge in [0.25, 0.3) is 0 Å². The highest BCUT2D eigenvalue weighted by Crippen LogP contribution is 2.18. The number of hydrogen-bond donors (Lipinski definition) is 2. The van der Waals surface area contributed by atoms with Crippen LogP contribution >= 0.6 is 0 Å². The molecule has 1 fully saturated rings. The molecule has 1 aliphatic heterocycles. The summed E-state index contributed by atoms with van der Waals surface area (Å²) < 4.78 is 5.40. The lowest BCUT2D eigenvalue weighted by Gasteiger charge is -2.28. The summed E-state index contributed by atoms with van der Waals surface area (Å²) in [5.41, 5.74) is 0. The molecule has 0 aromatic heterocycles. The molecule has 0 spiro atoms. The molecule has 6 nitrogen and oxygen atoms in total. The van der Waals surface area contributed by atoms with E-state index in [-0.39, 0.29) is 18.2 Å². The topological polar surface area (TPSA) is 78.9 Å². The number of carboxylic acid groups (broad SMARTS) is 1. The number of nitrogens with zero attached hydrogens (tertiary/aromatic N) is 1. The summed E-state index contributed by atoms with van der Waals surface area (Å²) in [7, 11) is 1.68. The van der Waals surface area contributed by atoms with Gasteiger partial charge >= 0.3 is 12.0 Å². The van der Waals surface area contributed by atoms with E-state index in [2.05, 4.69) is 5.32 Å². The van der Waals surface area contributed by atoms with E-state index in [1.807, 2.05) is 13.8 Å². The first kappa shape index (κ1) is 14.8. The molecular formula is C12H22N2O4. The molecule has 1 aliphatic rings. The predicted molar refractivity (Wildman–Crippen MR) is 66.4 cm³/mol. The van der Waals surface area contributed by atoms with Gasteiger partial charge in [0.15, 0.2) is 0 Å². The molecule has 1 heterocycles. The number of nitrogens with one attached hydrogen (secondary N) is 1. The van der Waals surface area contributed by atoms with Gasteiger partial charge in [-0.2, -0.15) is 0 Å². The molecule has 0 saturated carbocycles. The van der Waals surface area contributed by atoms with Gasteiger partial charge in [-0.1, -0.05) is 13.3 Å². The van der Waals surface area contributed by atoms with Crippen LogP contribution in [0.2, 0.25) is 0 Å². The van der Waals surface area contributed by atoms with Crippen molar-refractivity contribution < 1.29 is 19.4 Å². The molecule has 0 bridgehead atoms. The summed E-state index contributed by atoms with van der Waals surface area (Å²) in [6.45, 7) is 4.45. The number of ether oxygens (including phenoxy) is 1. The molecule has 2 amide bonds. The summed E-state index contributed by atoms with van der Waals surface area (Å²) >= 11 is 0. The third-order valence-electron chi connectivity index (χ3n) is 3.33. The van der Waals surface area contributed by atoms with Gasteiger partial charge in [0.2, 0.25) is 0 Å². The van der Waals surface area contributed by atoms with Crippen molar-refractivity contribution in [1.82, 2.24) is 10.2 Å². The van der Waals surface area contributed by atoms with E-state index >= 15 is 0 Å². The van der Waals surface area contributed by atoms with Gasteiger partial charge in [0.1, 0.15) is 6.04 Å². The number of aliphatic carboxylic acids is 1. The Bertz CT molecular complexity index is 308. The van der Waals surface area contributed by atoms with Crippen LogP contribution in [-0.2, 0) is 9.53 Å². The summed E-state index contributed by atoms with van der Waals surface area (Å²) in [6.07, 6.45) is 1.93. The molecule has 1 saturated heterocycles. The van der Waals surface area contributed by atoms with Crippen LogP contribution in [-0.4, -0.2) is 53.8 Å². The highest BCUT2D eigenvalue weighted by molar-refractivity contribution is 5.82. The third-order valence-corrected chi connectivity index (χ3v) is 3.33.